The molecular weight excluding hydrogens is 460 g/mol. The first-order valence-corrected chi connectivity index (χ1v) is 13.1. The third-order valence-corrected chi connectivity index (χ3v) is 7.08. The third-order valence-electron chi connectivity index (χ3n) is 6.06. The minimum atomic E-state index is -3.61. The lowest BCUT2D eigenvalue weighted by atomic mass is 9.97. The average molecular weight is 487 g/mol. The number of aryl methyl sites for hydroxylation is 1. The van der Waals surface area contributed by atoms with Crippen LogP contribution >= 0.6 is 0 Å². The molecule has 0 fully saturated rings. The second-order valence-electron chi connectivity index (χ2n) is 8.62. The van der Waals surface area contributed by atoms with E-state index in [9.17, 15) is 8.42 Å². The summed E-state index contributed by atoms with van der Waals surface area (Å²) in [5.41, 5.74) is 6.05. The number of aromatic nitrogens is 2. The van der Waals surface area contributed by atoms with Gasteiger partial charge in [0, 0.05) is 23.7 Å². The van der Waals surface area contributed by atoms with Gasteiger partial charge in [0.1, 0.15) is 11.4 Å². The van der Waals surface area contributed by atoms with Crippen molar-refractivity contribution < 1.29 is 13.2 Å². The Balaban J connectivity index is 1.63. The van der Waals surface area contributed by atoms with Crippen molar-refractivity contribution in [2.75, 3.05) is 13.4 Å². The fraction of sp³-hybridized carbons (Fsp3) is 0.185. The number of ether oxygens (including phenoxy) is 1. The molecule has 0 aliphatic carbocycles. The number of para-hydroxylation sites is 1. The number of hydrogen-bond acceptors (Lipinski definition) is 5. The number of hydrogen-bond donors (Lipinski definition) is 0. The van der Waals surface area contributed by atoms with E-state index in [1.165, 1.54) is 10.7 Å². The van der Waals surface area contributed by atoms with Crippen molar-refractivity contribution >= 4 is 15.7 Å². The largest absolute Gasteiger partial charge is 0.497 e. The van der Waals surface area contributed by atoms with Crippen LogP contribution < -0.4 is 4.74 Å². The lowest BCUT2D eigenvalue weighted by Gasteiger charge is -2.21. The third kappa shape index (κ3) is 4.57. The summed E-state index contributed by atoms with van der Waals surface area (Å²) in [5.74, 6) is 0.668. The van der Waals surface area contributed by atoms with Crippen molar-refractivity contribution in [1.82, 2.24) is 14.2 Å². The predicted octanol–water partition coefficient (Wildman–Crippen LogP) is 4.97. The van der Waals surface area contributed by atoms with Gasteiger partial charge in [-0.05, 0) is 36.8 Å². The lowest BCUT2D eigenvalue weighted by Crippen LogP contribution is -2.25. The molecule has 0 saturated heterocycles. The van der Waals surface area contributed by atoms with E-state index in [0.717, 1.165) is 33.6 Å². The molecule has 0 N–H and O–H groups in total. The van der Waals surface area contributed by atoms with Gasteiger partial charge in [0.2, 0.25) is 10.0 Å². The Morgan fingerprint density at radius 3 is 2.40 bits per heavy atom. The van der Waals surface area contributed by atoms with Crippen LogP contribution in [0.15, 0.2) is 90.2 Å². The van der Waals surface area contributed by atoms with Crippen molar-refractivity contribution in [1.29, 1.82) is 0 Å². The molecule has 1 aliphatic rings. The minimum absolute atomic E-state index is 0.416. The van der Waals surface area contributed by atoms with Gasteiger partial charge in [-0.15, -0.1) is 0 Å². The summed E-state index contributed by atoms with van der Waals surface area (Å²) in [6.07, 6.45) is 3.53. The summed E-state index contributed by atoms with van der Waals surface area (Å²) in [7, 11) is -2.02. The number of benzene rings is 3. The topological polar surface area (TPSA) is 76.8 Å². The zero-order chi connectivity index (χ0) is 24.6. The molecule has 1 atom stereocenters. The lowest BCUT2D eigenvalue weighted by molar-refractivity contribution is 0.371. The molecule has 2 heterocycles. The molecule has 8 heteroatoms. The van der Waals surface area contributed by atoms with Gasteiger partial charge in [-0.3, -0.25) is 0 Å². The van der Waals surface area contributed by atoms with Crippen LogP contribution in [0, 0.1) is 6.92 Å². The van der Waals surface area contributed by atoms with Gasteiger partial charge in [-0.1, -0.05) is 60.2 Å². The molecule has 3 aromatic carbocycles. The van der Waals surface area contributed by atoms with Crippen molar-refractivity contribution in [2.45, 2.75) is 19.4 Å². The highest BCUT2D eigenvalue weighted by Crippen LogP contribution is 2.38. The molecule has 0 amide bonds. The first kappa shape index (κ1) is 22.9. The summed E-state index contributed by atoms with van der Waals surface area (Å²) in [6, 6.07) is 25.0. The van der Waals surface area contributed by atoms with E-state index in [0.29, 0.717) is 17.9 Å². The highest BCUT2D eigenvalue weighted by Gasteiger charge is 2.36. The molecule has 0 spiro atoms. The van der Waals surface area contributed by atoms with Gasteiger partial charge >= 0.3 is 0 Å². The average Bonchev–Trinajstić information content (AvgIpc) is 3.50. The number of hydrazone groups is 1. The molecule has 0 saturated carbocycles. The summed E-state index contributed by atoms with van der Waals surface area (Å²) < 4.78 is 33.9. The zero-order valence-electron chi connectivity index (χ0n) is 19.8. The molecule has 178 valence electrons. The number of methoxy groups -OCH3 is 1. The Morgan fingerprint density at radius 1 is 0.971 bits per heavy atom. The second kappa shape index (κ2) is 9.03. The number of sulfonamides is 1. The molecule has 0 radical (unpaired) electrons. The predicted molar refractivity (Wildman–Crippen MR) is 137 cm³/mol. The molecule has 0 bridgehead atoms. The Morgan fingerprint density at radius 2 is 1.71 bits per heavy atom. The smallest absolute Gasteiger partial charge is 0.247 e. The van der Waals surface area contributed by atoms with E-state index in [1.807, 2.05) is 96.7 Å². The molecule has 0 unspecified atom stereocenters. The van der Waals surface area contributed by atoms with E-state index in [1.54, 1.807) is 7.11 Å². The number of rotatable bonds is 6. The van der Waals surface area contributed by atoms with E-state index in [-0.39, 0.29) is 0 Å². The molecular formula is C27H26N4O3S. The second-order valence-corrected chi connectivity index (χ2v) is 10.5. The quantitative estimate of drug-likeness (QED) is 0.386. The van der Waals surface area contributed by atoms with Gasteiger partial charge in [-0.2, -0.15) is 14.6 Å². The summed E-state index contributed by atoms with van der Waals surface area (Å²) >= 11 is 0. The minimum Gasteiger partial charge on any atom is -0.497 e. The van der Waals surface area contributed by atoms with Crippen LogP contribution in [0.5, 0.6) is 5.75 Å². The van der Waals surface area contributed by atoms with Gasteiger partial charge in [-0.25, -0.2) is 13.1 Å². The van der Waals surface area contributed by atoms with Gasteiger partial charge in [0.05, 0.1) is 30.8 Å². The van der Waals surface area contributed by atoms with Crippen LogP contribution in [0.4, 0.5) is 0 Å². The van der Waals surface area contributed by atoms with Crippen molar-refractivity contribution in [3.8, 4) is 22.7 Å². The Bertz CT molecular complexity index is 1490. The van der Waals surface area contributed by atoms with Gasteiger partial charge in [0.25, 0.3) is 0 Å². The van der Waals surface area contributed by atoms with Crippen molar-refractivity contribution in [3.63, 3.8) is 0 Å². The summed E-state index contributed by atoms with van der Waals surface area (Å²) in [6.45, 7) is 2.04. The van der Waals surface area contributed by atoms with E-state index in [4.69, 9.17) is 9.84 Å². The van der Waals surface area contributed by atoms with Crippen LogP contribution in [-0.4, -0.2) is 41.7 Å². The Labute approximate surface area is 205 Å². The van der Waals surface area contributed by atoms with Gasteiger partial charge < -0.3 is 4.74 Å². The maximum atomic E-state index is 12.7. The normalized spacial score (nSPS) is 15.8. The molecule has 35 heavy (non-hydrogen) atoms. The van der Waals surface area contributed by atoms with Gasteiger partial charge in [0.15, 0.2) is 0 Å². The fourth-order valence-corrected chi connectivity index (χ4v) is 5.18. The van der Waals surface area contributed by atoms with E-state index < -0.39 is 16.1 Å². The Kier molecular flexibility index (Phi) is 5.90. The van der Waals surface area contributed by atoms with E-state index >= 15 is 0 Å². The molecule has 4 aromatic rings. The van der Waals surface area contributed by atoms with Crippen molar-refractivity contribution in [2.24, 2.45) is 5.10 Å². The Hall–Kier alpha value is -3.91. The van der Waals surface area contributed by atoms with Crippen LogP contribution in [0.1, 0.15) is 29.2 Å². The fourth-order valence-electron chi connectivity index (χ4n) is 4.28. The molecule has 1 aliphatic heterocycles. The molecule has 7 nitrogen and oxygen atoms in total. The highest BCUT2D eigenvalue weighted by molar-refractivity contribution is 7.88. The first-order valence-electron chi connectivity index (χ1n) is 11.3. The van der Waals surface area contributed by atoms with Crippen LogP contribution in [0.25, 0.3) is 16.9 Å². The molecule has 1 aromatic heterocycles. The SMILES string of the molecule is COc1cccc([C@H]2CC(c3cn(-c4ccccc4)nc3-c3ccc(C)cc3)=NN2S(C)(=O)=O)c1. The maximum Gasteiger partial charge on any atom is 0.247 e. The first-order chi connectivity index (χ1) is 16.8. The monoisotopic (exact) mass is 486 g/mol. The highest BCUT2D eigenvalue weighted by atomic mass is 32.2. The van der Waals surface area contributed by atoms with E-state index in [2.05, 4.69) is 5.10 Å². The molecule has 5 rings (SSSR count). The van der Waals surface area contributed by atoms with Crippen LogP contribution in [-0.2, 0) is 10.0 Å². The van der Waals surface area contributed by atoms with Crippen LogP contribution in [0.3, 0.4) is 0 Å². The summed E-state index contributed by atoms with van der Waals surface area (Å²) in [5, 5.41) is 9.51. The number of nitrogens with zero attached hydrogens (tertiary/aromatic N) is 4. The standard InChI is InChI=1S/C27H26N4O3S/c1-19-12-14-20(15-13-19)27-24(18-30(29-27)22-9-5-4-6-10-22)25-17-26(31(28-25)35(3,32)33)21-8-7-11-23(16-21)34-2/h4-16,18,26H,17H2,1-3H3/t26-/m1/s1. The summed E-state index contributed by atoms with van der Waals surface area (Å²) in [4.78, 5) is 0. The van der Waals surface area contributed by atoms with Crippen LogP contribution in [0.2, 0.25) is 0 Å². The zero-order valence-corrected chi connectivity index (χ0v) is 20.6. The van der Waals surface area contributed by atoms with Crippen molar-refractivity contribution in [3.05, 3.63) is 102 Å². The maximum absolute atomic E-state index is 12.7.